The van der Waals surface area contributed by atoms with Gasteiger partial charge in [-0.05, 0) is 0 Å². The van der Waals surface area contributed by atoms with Crippen LogP contribution in [0.2, 0.25) is 0 Å². The molecule has 1 aliphatic rings. The number of nitrogen functional groups attached to an aromatic ring is 1. The molecule has 1 aliphatic heterocycles. The first-order chi connectivity index (χ1) is 9.13. The summed E-state index contributed by atoms with van der Waals surface area (Å²) in [6.07, 6.45) is -1.42. The highest BCUT2D eigenvalue weighted by atomic mass is 16.6. The molecule has 2 aromatic rings. The number of ether oxygens (including phenoxy) is 1. The molecule has 0 aromatic carbocycles. The SMILES string of the molecule is Nc1ncnc2c1n[13cH]n2[C@@H]1O[C@H](CO)[C@@H](O)[C@H]1O. The third-order valence-electron chi connectivity index (χ3n) is 3.18. The number of aliphatic hydroxyl groups is 3. The van der Waals surface area contributed by atoms with Crippen molar-refractivity contribution >= 4 is 17.0 Å². The van der Waals surface area contributed by atoms with Gasteiger partial charge in [-0.3, -0.25) is 4.57 Å². The molecular weight excluding hydrogens is 255 g/mol. The fourth-order valence-corrected chi connectivity index (χ4v) is 2.17. The number of hydrogen-bond donors (Lipinski definition) is 4. The number of nitrogens with zero attached hydrogens (tertiary/aromatic N) is 4. The first-order valence-electron chi connectivity index (χ1n) is 5.69. The van der Waals surface area contributed by atoms with E-state index in [4.69, 9.17) is 15.6 Å². The van der Waals surface area contributed by atoms with E-state index >= 15 is 0 Å². The molecule has 0 radical (unpaired) electrons. The molecule has 0 amide bonds. The summed E-state index contributed by atoms with van der Waals surface area (Å²) in [6.45, 7) is -0.390. The fourth-order valence-electron chi connectivity index (χ4n) is 2.17. The van der Waals surface area contributed by atoms with E-state index in [1.165, 1.54) is 17.2 Å². The molecule has 0 bridgehead atoms. The lowest BCUT2D eigenvalue weighted by Crippen LogP contribution is -2.33. The molecule has 3 rings (SSSR count). The number of rotatable bonds is 2. The summed E-state index contributed by atoms with van der Waals surface area (Å²) in [5.41, 5.74) is 6.44. The highest BCUT2D eigenvalue weighted by Gasteiger charge is 2.43. The minimum Gasteiger partial charge on any atom is -0.394 e. The Hall–Kier alpha value is -1.81. The Morgan fingerprint density at radius 2 is 2.05 bits per heavy atom. The van der Waals surface area contributed by atoms with E-state index in [9.17, 15) is 10.2 Å². The molecule has 0 saturated carbocycles. The van der Waals surface area contributed by atoms with Crippen molar-refractivity contribution in [3.63, 3.8) is 0 Å². The molecule has 0 unspecified atom stereocenters. The number of aromatic nitrogens is 4. The molecule has 0 spiro atoms. The van der Waals surface area contributed by atoms with E-state index in [2.05, 4.69) is 15.0 Å². The smallest absolute Gasteiger partial charge is 0.167 e. The van der Waals surface area contributed by atoms with Gasteiger partial charge in [0.2, 0.25) is 0 Å². The molecule has 5 N–H and O–H groups in total. The van der Waals surface area contributed by atoms with E-state index in [1.54, 1.807) is 0 Å². The van der Waals surface area contributed by atoms with E-state index < -0.39 is 31.1 Å². The standard InChI is InChI=1S/C10H13N5O4/c11-8-5-9(13-2-12-8)15(3-14-5)10-7(18)6(17)4(1-16)19-10/h2-4,6-7,10,16-18H,1H2,(H2,11,12,13)/t4-,6-,7-,10-/m1/s1/i3+1. The van der Waals surface area contributed by atoms with Gasteiger partial charge in [-0.15, -0.1) is 0 Å². The Balaban J connectivity index is 2.04. The Kier molecular flexibility index (Phi) is 2.82. The Labute approximate surface area is 107 Å². The molecule has 2 aromatic heterocycles. The number of hydrogen-bond acceptors (Lipinski definition) is 8. The zero-order valence-electron chi connectivity index (χ0n) is 9.79. The van der Waals surface area contributed by atoms with Gasteiger partial charge in [0.05, 0.1) is 12.9 Å². The summed E-state index contributed by atoms with van der Waals surface area (Å²) >= 11 is 0. The number of nitrogens with two attached hydrogens (primary N) is 1. The van der Waals surface area contributed by atoms with Crippen LogP contribution >= 0.6 is 0 Å². The van der Waals surface area contributed by atoms with Crippen LogP contribution in [0.1, 0.15) is 6.23 Å². The molecule has 1 saturated heterocycles. The van der Waals surface area contributed by atoms with Gasteiger partial charge in [-0.2, -0.15) is 0 Å². The van der Waals surface area contributed by atoms with Crippen molar-refractivity contribution in [3.8, 4) is 0 Å². The Morgan fingerprint density at radius 1 is 1.26 bits per heavy atom. The maximum Gasteiger partial charge on any atom is 0.167 e. The van der Waals surface area contributed by atoms with Crippen LogP contribution in [0.15, 0.2) is 12.7 Å². The number of fused-ring (bicyclic) bond motifs is 1. The molecule has 3 heterocycles. The first-order valence-corrected chi connectivity index (χ1v) is 5.69. The second kappa shape index (κ2) is 4.38. The van der Waals surface area contributed by atoms with Crippen LogP contribution in [0.3, 0.4) is 0 Å². The highest BCUT2D eigenvalue weighted by Crippen LogP contribution is 2.31. The van der Waals surface area contributed by atoms with Crippen molar-refractivity contribution in [2.75, 3.05) is 12.3 Å². The van der Waals surface area contributed by atoms with Gasteiger partial charge in [0.15, 0.2) is 17.7 Å². The maximum atomic E-state index is 9.95. The first kappa shape index (κ1) is 12.2. The van der Waals surface area contributed by atoms with Crippen LogP contribution < -0.4 is 5.73 Å². The van der Waals surface area contributed by atoms with Gasteiger partial charge in [0.1, 0.15) is 30.2 Å². The summed E-state index contributed by atoms with van der Waals surface area (Å²) < 4.78 is 6.85. The van der Waals surface area contributed by atoms with Crippen LogP contribution in [0.4, 0.5) is 5.82 Å². The zero-order valence-corrected chi connectivity index (χ0v) is 9.79. The second-order valence-corrected chi connectivity index (χ2v) is 4.31. The van der Waals surface area contributed by atoms with E-state index in [-0.39, 0.29) is 5.82 Å². The van der Waals surface area contributed by atoms with Gasteiger partial charge in [-0.1, -0.05) is 0 Å². The van der Waals surface area contributed by atoms with Gasteiger partial charge in [-0.25, -0.2) is 15.0 Å². The van der Waals surface area contributed by atoms with E-state index in [1.807, 2.05) is 0 Å². The quantitative estimate of drug-likeness (QED) is 0.491. The summed E-state index contributed by atoms with van der Waals surface area (Å²) in [5.74, 6) is 0.218. The Bertz CT molecular complexity index is 603. The van der Waals surface area contributed by atoms with Crippen molar-refractivity contribution in [2.24, 2.45) is 0 Å². The van der Waals surface area contributed by atoms with Crippen LogP contribution in [0.25, 0.3) is 11.2 Å². The lowest BCUT2D eigenvalue weighted by Gasteiger charge is -2.16. The largest absolute Gasteiger partial charge is 0.394 e. The third-order valence-corrected chi connectivity index (χ3v) is 3.18. The summed E-state index contributed by atoms with van der Waals surface area (Å²) in [5, 5.41) is 28.7. The molecular formula is C10H13N5O4. The molecule has 1 fully saturated rings. The fraction of sp³-hybridized carbons (Fsp3) is 0.500. The van der Waals surface area contributed by atoms with Crippen molar-refractivity contribution in [3.05, 3.63) is 12.7 Å². The molecule has 4 atom stereocenters. The van der Waals surface area contributed by atoms with Crippen LogP contribution in [-0.4, -0.2) is 59.8 Å². The maximum absolute atomic E-state index is 9.95. The van der Waals surface area contributed by atoms with Crippen molar-refractivity contribution < 1.29 is 20.1 Å². The van der Waals surface area contributed by atoms with Crippen LogP contribution in [0.5, 0.6) is 0 Å². The lowest BCUT2D eigenvalue weighted by atomic mass is 10.1. The van der Waals surface area contributed by atoms with Crippen molar-refractivity contribution in [1.29, 1.82) is 0 Å². The van der Waals surface area contributed by atoms with E-state index in [0.717, 1.165) is 0 Å². The minimum absolute atomic E-state index is 0.218. The highest BCUT2D eigenvalue weighted by molar-refractivity contribution is 5.81. The molecule has 19 heavy (non-hydrogen) atoms. The van der Waals surface area contributed by atoms with Crippen LogP contribution in [-0.2, 0) is 4.74 Å². The molecule has 9 heteroatoms. The van der Waals surface area contributed by atoms with Crippen molar-refractivity contribution in [1.82, 2.24) is 19.5 Å². The topological polar surface area (TPSA) is 140 Å². The second-order valence-electron chi connectivity index (χ2n) is 4.31. The normalized spacial score (nSPS) is 31.1. The van der Waals surface area contributed by atoms with Gasteiger partial charge in [0, 0.05) is 0 Å². The molecule has 0 aliphatic carbocycles. The molecule has 102 valence electrons. The lowest BCUT2D eigenvalue weighted by molar-refractivity contribution is -0.0511. The van der Waals surface area contributed by atoms with Gasteiger partial charge in [0.25, 0.3) is 0 Å². The average molecular weight is 268 g/mol. The minimum atomic E-state index is -1.19. The predicted octanol–water partition coefficient (Wildman–Crippen LogP) is -1.98. The number of imidazole rings is 1. The van der Waals surface area contributed by atoms with Gasteiger partial charge >= 0.3 is 0 Å². The molecule has 9 nitrogen and oxygen atoms in total. The zero-order chi connectivity index (χ0) is 13.6. The number of aliphatic hydroxyl groups excluding tert-OH is 3. The third kappa shape index (κ3) is 1.75. The summed E-state index contributed by atoms with van der Waals surface area (Å²) in [6, 6.07) is 0. The summed E-state index contributed by atoms with van der Waals surface area (Å²) in [4.78, 5) is 11.9. The summed E-state index contributed by atoms with van der Waals surface area (Å²) in [7, 11) is 0. The monoisotopic (exact) mass is 268 g/mol. The van der Waals surface area contributed by atoms with E-state index in [0.29, 0.717) is 11.2 Å². The van der Waals surface area contributed by atoms with Crippen LogP contribution in [0, 0.1) is 0 Å². The van der Waals surface area contributed by atoms with Crippen molar-refractivity contribution in [2.45, 2.75) is 24.5 Å². The Morgan fingerprint density at radius 3 is 2.74 bits per heavy atom. The number of anilines is 1. The van der Waals surface area contributed by atoms with Gasteiger partial charge < -0.3 is 25.8 Å². The predicted molar refractivity (Wildman–Crippen MR) is 62.7 cm³/mol. The average Bonchev–Trinajstić information content (AvgIpc) is 2.94.